The van der Waals surface area contributed by atoms with Gasteiger partial charge in [-0.25, -0.2) is 13.4 Å². The fourth-order valence-electron chi connectivity index (χ4n) is 2.94. The van der Waals surface area contributed by atoms with Gasteiger partial charge in [-0.1, -0.05) is 24.3 Å². The maximum Gasteiger partial charge on any atom is 0.421 e. The van der Waals surface area contributed by atoms with Crippen molar-refractivity contribution in [1.29, 1.82) is 0 Å². The Morgan fingerprint density at radius 2 is 1.79 bits per heavy atom. The molecule has 0 spiro atoms. The molecule has 2 aromatic carbocycles. The minimum atomic E-state index is -4.68. The van der Waals surface area contributed by atoms with Gasteiger partial charge in [0.05, 0.1) is 11.9 Å². The molecule has 12 heteroatoms. The van der Waals surface area contributed by atoms with E-state index in [-0.39, 0.29) is 18.2 Å². The first-order chi connectivity index (χ1) is 16.0. The monoisotopic (exact) mass is 495 g/mol. The summed E-state index contributed by atoms with van der Waals surface area (Å²) in [6.45, 7) is 3.08. The average Bonchev–Trinajstić information content (AvgIpc) is 2.77. The molecule has 0 aliphatic carbocycles. The van der Waals surface area contributed by atoms with Gasteiger partial charge in [-0.05, 0) is 49.2 Å². The summed E-state index contributed by atoms with van der Waals surface area (Å²) in [6.07, 6.45) is -4.64. The number of sulfonamides is 1. The van der Waals surface area contributed by atoms with Gasteiger partial charge in [-0.3, -0.25) is 4.72 Å². The molecule has 3 aromatic rings. The lowest BCUT2D eigenvalue weighted by Gasteiger charge is -2.15. The maximum atomic E-state index is 13.5. The molecule has 0 aliphatic rings. The van der Waals surface area contributed by atoms with Gasteiger partial charge in [-0.2, -0.15) is 18.2 Å². The van der Waals surface area contributed by atoms with Crippen LogP contribution in [0.2, 0.25) is 0 Å². The van der Waals surface area contributed by atoms with E-state index in [1.807, 2.05) is 0 Å². The van der Waals surface area contributed by atoms with Crippen LogP contribution in [-0.4, -0.2) is 29.2 Å². The van der Waals surface area contributed by atoms with Crippen molar-refractivity contribution in [3.05, 3.63) is 71.4 Å². The minimum Gasteiger partial charge on any atom is -0.389 e. The molecule has 1 aromatic heterocycles. The quantitative estimate of drug-likeness (QED) is 0.341. The van der Waals surface area contributed by atoms with Crippen LogP contribution in [0.1, 0.15) is 36.6 Å². The molecule has 1 unspecified atom stereocenters. The van der Waals surface area contributed by atoms with Crippen LogP contribution in [0.3, 0.4) is 0 Å². The van der Waals surface area contributed by atoms with Crippen molar-refractivity contribution < 1.29 is 26.7 Å². The predicted octanol–water partition coefficient (Wildman–Crippen LogP) is 4.67. The van der Waals surface area contributed by atoms with Crippen LogP contribution in [0.5, 0.6) is 0 Å². The average molecular weight is 496 g/mol. The molecule has 0 fully saturated rings. The summed E-state index contributed by atoms with van der Waals surface area (Å²) in [5, 5.41) is 15.1. The molecule has 182 valence electrons. The lowest BCUT2D eigenvalue weighted by atomic mass is 10.1. The number of benzene rings is 2. The molecule has 0 radical (unpaired) electrons. The van der Waals surface area contributed by atoms with Crippen LogP contribution < -0.4 is 15.4 Å². The summed E-state index contributed by atoms with van der Waals surface area (Å²) in [5.74, 6) is -0.585. The van der Waals surface area contributed by atoms with E-state index in [2.05, 4.69) is 25.3 Å². The second kappa shape index (κ2) is 10.3. The van der Waals surface area contributed by atoms with Gasteiger partial charge in [0.2, 0.25) is 16.0 Å². The number of anilines is 4. The highest BCUT2D eigenvalue weighted by molar-refractivity contribution is 7.92. The number of hydrogen-bond donors (Lipinski definition) is 4. The second-order valence-electron chi connectivity index (χ2n) is 7.44. The van der Waals surface area contributed by atoms with E-state index >= 15 is 0 Å². The van der Waals surface area contributed by atoms with E-state index in [9.17, 15) is 26.7 Å². The number of halogens is 3. The van der Waals surface area contributed by atoms with Crippen molar-refractivity contribution in [2.24, 2.45) is 0 Å². The Kier molecular flexibility index (Phi) is 7.62. The Morgan fingerprint density at radius 1 is 1.09 bits per heavy atom. The number of nitrogens with zero attached hydrogens (tertiary/aromatic N) is 2. The number of aliphatic hydroxyl groups excluding tert-OH is 1. The van der Waals surface area contributed by atoms with E-state index in [0.717, 1.165) is 0 Å². The molecule has 1 heterocycles. The first kappa shape index (κ1) is 25.2. The number of aromatic nitrogens is 2. The van der Waals surface area contributed by atoms with Crippen molar-refractivity contribution in [2.75, 3.05) is 21.1 Å². The highest BCUT2D eigenvalue weighted by atomic mass is 32.2. The van der Waals surface area contributed by atoms with Gasteiger partial charge in [0.1, 0.15) is 11.4 Å². The molecule has 0 bridgehead atoms. The molecular weight excluding hydrogens is 471 g/mol. The summed E-state index contributed by atoms with van der Waals surface area (Å²) in [4.78, 5) is 7.76. The molecule has 34 heavy (non-hydrogen) atoms. The van der Waals surface area contributed by atoms with E-state index in [4.69, 9.17) is 0 Å². The van der Waals surface area contributed by atoms with Crippen molar-refractivity contribution in [2.45, 2.75) is 32.7 Å². The van der Waals surface area contributed by atoms with Crippen LogP contribution in [-0.2, 0) is 22.7 Å². The summed E-state index contributed by atoms with van der Waals surface area (Å²) >= 11 is 0. The second-order valence-corrected chi connectivity index (χ2v) is 9.45. The van der Waals surface area contributed by atoms with Crippen molar-refractivity contribution in [3.8, 4) is 0 Å². The fraction of sp³-hybridized carbons (Fsp3) is 0.273. The van der Waals surface area contributed by atoms with Crippen LogP contribution in [0.25, 0.3) is 0 Å². The van der Waals surface area contributed by atoms with Gasteiger partial charge in [-0.15, -0.1) is 0 Å². The zero-order chi connectivity index (χ0) is 24.9. The number of alkyl halides is 3. The van der Waals surface area contributed by atoms with E-state index in [1.165, 1.54) is 13.0 Å². The smallest absolute Gasteiger partial charge is 0.389 e. The van der Waals surface area contributed by atoms with Crippen molar-refractivity contribution in [3.63, 3.8) is 0 Å². The van der Waals surface area contributed by atoms with Crippen molar-refractivity contribution >= 4 is 33.2 Å². The molecule has 1 atom stereocenters. The Bertz CT molecular complexity index is 1230. The molecule has 0 saturated heterocycles. The summed E-state index contributed by atoms with van der Waals surface area (Å²) < 4.78 is 66.4. The Balaban J connectivity index is 1.81. The SMILES string of the molecule is CCS(=O)(=O)Nc1cccc(CNc2nc(Nc3ccc(C(C)O)cc3)ncc2C(F)(F)F)c1. The lowest BCUT2D eigenvalue weighted by Crippen LogP contribution is -2.15. The zero-order valence-electron chi connectivity index (χ0n) is 18.4. The first-order valence-electron chi connectivity index (χ1n) is 10.3. The van der Waals surface area contributed by atoms with Gasteiger partial charge in [0.25, 0.3) is 0 Å². The van der Waals surface area contributed by atoms with E-state index in [0.29, 0.717) is 28.7 Å². The Hall–Kier alpha value is -3.38. The fourth-order valence-corrected chi connectivity index (χ4v) is 3.57. The number of rotatable bonds is 9. The third kappa shape index (κ3) is 6.81. The van der Waals surface area contributed by atoms with Gasteiger partial charge >= 0.3 is 6.18 Å². The van der Waals surface area contributed by atoms with Gasteiger partial charge in [0.15, 0.2) is 0 Å². The van der Waals surface area contributed by atoms with Crippen LogP contribution in [0.4, 0.5) is 36.3 Å². The van der Waals surface area contributed by atoms with E-state index < -0.39 is 33.7 Å². The maximum absolute atomic E-state index is 13.5. The van der Waals surface area contributed by atoms with Crippen LogP contribution in [0.15, 0.2) is 54.7 Å². The Labute approximate surface area is 195 Å². The molecule has 4 N–H and O–H groups in total. The highest BCUT2D eigenvalue weighted by Gasteiger charge is 2.35. The molecule has 0 aliphatic heterocycles. The molecule has 3 rings (SSSR count). The largest absolute Gasteiger partial charge is 0.421 e. The van der Waals surface area contributed by atoms with Crippen molar-refractivity contribution in [1.82, 2.24) is 9.97 Å². The topological polar surface area (TPSA) is 116 Å². The Morgan fingerprint density at radius 3 is 2.41 bits per heavy atom. The molecule has 0 amide bonds. The van der Waals surface area contributed by atoms with Gasteiger partial charge < -0.3 is 15.7 Å². The molecule has 0 saturated carbocycles. The van der Waals surface area contributed by atoms with Gasteiger partial charge in [0, 0.05) is 24.1 Å². The van der Waals surface area contributed by atoms with Crippen LogP contribution >= 0.6 is 0 Å². The lowest BCUT2D eigenvalue weighted by molar-refractivity contribution is -0.137. The molecular formula is C22H24F3N5O3S. The highest BCUT2D eigenvalue weighted by Crippen LogP contribution is 2.34. The van der Waals surface area contributed by atoms with E-state index in [1.54, 1.807) is 49.4 Å². The number of hydrogen-bond acceptors (Lipinski definition) is 7. The number of nitrogens with one attached hydrogen (secondary N) is 3. The summed E-state index contributed by atoms with van der Waals surface area (Å²) in [5.41, 5.74) is 1.04. The summed E-state index contributed by atoms with van der Waals surface area (Å²) in [7, 11) is -3.49. The minimum absolute atomic E-state index is 0.0374. The zero-order valence-corrected chi connectivity index (χ0v) is 19.2. The van der Waals surface area contributed by atoms with Crippen LogP contribution in [0, 0.1) is 0 Å². The predicted molar refractivity (Wildman–Crippen MR) is 124 cm³/mol. The normalized spacial score (nSPS) is 12.8. The third-order valence-electron chi connectivity index (χ3n) is 4.78. The standard InChI is InChI=1S/C22H24F3N5O3S/c1-3-34(32,33)30-18-6-4-5-15(11-18)12-26-20-19(22(23,24)25)13-27-21(29-20)28-17-9-7-16(8-10-17)14(2)31/h4-11,13-14,30-31H,3,12H2,1-2H3,(H2,26,27,28,29). The summed E-state index contributed by atoms with van der Waals surface area (Å²) in [6, 6.07) is 13.0. The first-order valence-corrected chi connectivity index (χ1v) is 11.9. The number of aliphatic hydroxyl groups is 1. The third-order valence-corrected chi connectivity index (χ3v) is 6.09. The molecule has 8 nitrogen and oxygen atoms in total.